The normalized spacial score (nSPS) is 19.8. The largest absolute Gasteiger partial charge is 0.398 e. The molecule has 0 amide bonds. The van der Waals surface area contributed by atoms with Crippen molar-refractivity contribution in [2.45, 2.75) is 13.0 Å². The Morgan fingerprint density at radius 1 is 1.36 bits per heavy atom. The average Bonchev–Trinajstić information content (AvgIpc) is 2.57. The van der Waals surface area contributed by atoms with Gasteiger partial charge in [-0.3, -0.25) is 0 Å². The highest BCUT2D eigenvalue weighted by Crippen LogP contribution is 2.22. The molecule has 2 N–H and O–H groups in total. The van der Waals surface area contributed by atoms with Crippen LogP contribution in [0.25, 0.3) is 0 Å². The third-order valence-electron chi connectivity index (χ3n) is 3.05. The molecule has 1 aliphatic heterocycles. The smallest absolute Gasteiger partial charge is 0.106 e. The Labute approximate surface area is 85.9 Å². The molecule has 1 radical (unpaired) electrons. The van der Waals surface area contributed by atoms with Crippen molar-refractivity contribution in [2.24, 2.45) is 0 Å². The molecule has 1 heterocycles. The monoisotopic (exact) mass is 190 g/mol. The van der Waals surface area contributed by atoms with E-state index < -0.39 is 0 Å². The van der Waals surface area contributed by atoms with Crippen molar-refractivity contribution < 1.29 is 4.48 Å². The number of benzene rings is 1. The van der Waals surface area contributed by atoms with Crippen LogP contribution in [0, 0.1) is 6.42 Å². The number of para-hydroxylation sites is 1. The van der Waals surface area contributed by atoms with Gasteiger partial charge in [-0.05, 0) is 6.07 Å². The van der Waals surface area contributed by atoms with Crippen molar-refractivity contribution in [1.82, 2.24) is 0 Å². The predicted octanol–water partition coefficient (Wildman–Crippen LogP) is 1.82. The second-order valence-corrected chi connectivity index (χ2v) is 4.46. The second kappa shape index (κ2) is 3.62. The van der Waals surface area contributed by atoms with Gasteiger partial charge < -0.3 is 10.2 Å². The maximum absolute atomic E-state index is 5.94. The standard InChI is InChI=1S/C12H18N2/c1-14(8-4-5-9-14)10-11-6-2-3-7-12(11)13/h2-4,6-7H,5,8-10,13H2,1H3/q+1. The van der Waals surface area contributed by atoms with Crippen molar-refractivity contribution in [2.75, 3.05) is 25.9 Å². The highest BCUT2D eigenvalue weighted by atomic mass is 15.3. The Hall–Kier alpha value is -1.02. The highest BCUT2D eigenvalue weighted by Gasteiger charge is 2.27. The molecule has 1 unspecified atom stereocenters. The van der Waals surface area contributed by atoms with Gasteiger partial charge in [0.25, 0.3) is 0 Å². The summed E-state index contributed by atoms with van der Waals surface area (Å²) in [6, 6.07) is 8.19. The summed E-state index contributed by atoms with van der Waals surface area (Å²) in [5.74, 6) is 0. The summed E-state index contributed by atoms with van der Waals surface area (Å²) in [4.78, 5) is 0. The van der Waals surface area contributed by atoms with E-state index >= 15 is 0 Å². The zero-order chi connectivity index (χ0) is 10.0. The third kappa shape index (κ3) is 1.90. The van der Waals surface area contributed by atoms with Crippen LogP contribution in [0.1, 0.15) is 12.0 Å². The Kier molecular flexibility index (Phi) is 2.46. The lowest BCUT2D eigenvalue weighted by Crippen LogP contribution is -2.40. The number of hydrogen-bond acceptors (Lipinski definition) is 1. The van der Waals surface area contributed by atoms with Gasteiger partial charge in [0.2, 0.25) is 0 Å². The van der Waals surface area contributed by atoms with Gasteiger partial charge in [0, 0.05) is 24.1 Å². The Bertz CT molecular complexity index is 314. The molecule has 0 spiro atoms. The second-order valence-electron chi connectivity index (χ2n) is 4.46. The quantitative estimate of drug-likeness (QED) is 0.559. The van der Waals surface area contributed by atoms with Crippen LogP contribution in [0.15, 0.2) is 24.3 Å². The molecule has 0 saturated carbocycles. The van der Waals surface area contributed by atoms with Crippen molar-refractivity contribution in [3.63, 3.8) is 0 Å². The molecule has 14 heavy (non-hydrogen) atoms. The molecule has 1 aromatic carbocycles. The Balaban J connectivity index is 2.14. The fourth-order valence-corrected chi connectivity index (χ4v) is 2.13. The van der Waals surface area contributed by atoms with Gasteiger partial charge in [-0.1, -0.05) is 18.2 Å². The fraction of sp³-hybridized carbons (Fsp3) is 0.417. The summed E-state index contributed by atoms with van der Waals surface area (Å²) in [6.45, 7) is 3.48. The molecular formula is C12H18N2+. The van der Waals surface area contributed by atoms with E-state index in [1.54, 1.807) is 0 Å². The van der Waals surface area contributed by atoms with Gasteiger partial charge >= 0.3 is 0 Å². The number of quaternary nitrogens is 1. The Morgan fingerprint density at radius 2 is 2.14 bits per heavy atom. The van der Waals surface area contributed by atoms with Gasteiger partial charge in [-0.25, -0.2) is 0 Å². The average molecular weight is 190 g/mol. The maximum Gasteiger partial charge on any atom is 0.106 e. The zero-order valence-electron chi connectivity index (χ0n) is 8.74. The number of hydrogen-bond donors (Lipinski definition) is 1. The first-order chi connectivity index (χ1) is 6.70. The van der Waals surface area contributed by atoms with Gasteiger partial charge in [0.05, 0.1) is 20.1 Å². The molecule has 2 nitrogen and oxygen atoms in total. The van der Waals surface area contributed by atoms with Crippen LogP contribution in [-0.2, 0) is 6.54 Å². The van der Waals surface area contributed by atoms with Crippen molar-refractivity contribution in [1.29, 1.82) is 0 Å². The summed E-state index contributed by atoms with van der Waals surface area (Å²) in [7, 11) is 2.30. The first-order valence-corrected chi connectivity index (χ1v) is 5.18. The van der Waals surface area contributed by atoms with E-state index in [4.69, 9.17) is 5.73 Å². The van der Waals surface area contributed by atoms with E-state index in [1.165, 1.54) is 25.1 Å². The molecule has 1 saturated heterocycles. The minimum Gasteiger partial charge on any atom is -0.398 e. The molecule has 1 atom stereocenters. The van der Waals surface area contributed by atoms with Gasteiger partial charge in [0.15, 0.2) is 0 Å². The summed E-state index contributed by atoms with van der Waals surface area (Å²) in [5.41, 5.74) is 8.15. The van der Waals surface area contributed by atoms with E-state index in [-0.39, 0.29) is 0 Å². The molecular weight excluding hydrogens is 172 g/mol. The number of nitrogens with two attached hydrogens (primary N) is 1. The minimum atomic E-state index is 0.929. The first kappa shape index (κ1) is 9.53. The summed E-state index contributed by atoms with van der Waals surface area (Å²) in [5, 5.41) is 0. The van der Waals surface area contributed by atoms with Crippen molar-refractivity contribution in [3.8, 4) is 0 Å². The topological polar surface area (TPSA) is 26.0 Å². The predicted molar refractivity (Wildman–Crippen MR) is 59.4 cm³/mol. The van der Waals surface area contributed by atoms with Crippen LogP contribution in [0.2, 0.25) is 0 Å². The Morgan fingerprint density at radius 3 is 2.79 bits per heavy atom. The minimum absolute atomic E-state index is 0.929. The summed E-state index contributed by atoms with van der Waals surface area (Å²) >= 11 is 0. The van der Waals surface area contributed by atoms with E-state index in [1.807, 2.05) is 12.1 Å². The van der Waals surface area contributed by atoms with Crippen LogP contribution in [0.3, 0.4) is 0 Å². The first-order valence-electron chi connectivity index (χ1n) is 5.18. The molecule has 1 fully saturated rings. The lowest BCUT2D eigenvalue weighted by molar-refractivity contribution is -0.908. The summed E-state index contributed by atoms with van der Waals surface area (Å²) < 4.78 is 1.11. The zero-order valence-corrected chi connectivity index (χ0v) is 8.74. The summed E-state index contributed by atoms with van der Waals surface area (Å²) in [6.07, 6.45) is 3.61. The SMILES string of the molecule is C[N+]1(Cc2ccccc2N)C[CH]CC1. The molecule has 0 bridgehead atoms. The van der Waals surface area contributed by atoms with E-state index in [9.17, 15) is 0 Å². The number of likely N-dealkylation sites (tertiary alicyclic amines) is 1. The van der Waals surface area contributed by atoms with Crippen LogP contribution in [0.4, 0.5) is 5.69 Å². The van der Waals surface area contributed by atoms with Crippen LogP contribution in [-0.4, -0.2) is 24.6 Å². The van der Waals surface area contributed by atoms with E-state index in [0.717, 1.165) is 16.7 Å². The van der Waals surface area contributed by atoms with E-state index in [0.29, 0.717) is 0 Å². The molecule has 2 rings (SSSR count). The number of rotatable bonds is 2. The number of anilines is 1. The molecule has 0 aromatic heterocycles. The number of nitrogens with zero attached hydrogens (tertiary/aromatic N) is 1. The fourth-order valence-electron chi connectivity index (χ4n) is 2.13. The highest BCUT2D eigenvalue weighted by molar-refractivity contribution is 5.45. The van der Waals surface area contributed by atoms with Gasteiger partial charge in [-0.2, -0.15) is 0 Å². The van der Waals surface area contributed by atoms with Crippen molar-refractivity contribution in [3.05, 3.63) is 36.2 Å². The van der Waals surface area contributed by atoms with Gasteiger partial charge in [0.1, 0.15) is 6.54 Å². The van der Waals surface area contributed by atoms with Gasteiger partial charge in [-0.15, -0.1) is 0 Å². The number of nitrogen functional groups attached to an aromatic ring is 1. The molecule has 1 aliphatic rings. The molecule has 0 aliphatic carbocycles. The molecule has 2 heteroatoms. The lowest BCUT2D eigenvalue weighted by atomic mass is 10.1. The van der Waals surface area contributed by atoms with Crippen LogP contribution < -0.4 is 5.73 Å². The lowest BCUT2D eigenvalue weighted by Gasteiger charge is -2.29. The molecule has 1 aromatic rings. The third-order valence-corrected chi connectivity index (χ3v) is 3.05. The maximum atomic E-state index is 5.94. The van der Waals surface area contributed by atoms with E-state index in [2.05, 4.69) is 25.6 Å². The van der Waals surface area contributed by atoms with Crippen LogP contribution >= 0.6 is 0 Å². The molecule has 75 valence electrons. The van der Waals surface area contributed by atoms with Crippen LogP contribution in [0.5, 0.6) is 0 Å². The van der Waals surface area contributed by atoms with Crippen molar-refractivity contribution >= 4 is 5.69 Å².